The smallest absolute Gasteiger partial charge is 0.291 e. The third-order valence-corrected chi connectivity index (χ3v) is 4.83. The quantitative estimate of drug-likeness (QED) is 0.720. The molecule has 1 saturated heterocycles. The van der Waals surface area contributed by atoms with Gasteiger partial charge in [-0.25, -0.2) is 4.68 Å². The van der Waals surface area contributed by atoms with E-state index in [-0.39, 0.29) is 24.1 Å². The maximum atomic E-state index is 12.8. The predicted molar refractivity (Wildman–Crippen MR) is 89.1 cm³/mol. The van der Waals surface area contributed by atoms with Crippen molar-refractivity contribution in [3.63, 3.8) is 0 Å². The summed E-state index contributed by atoms with van der Waals surface area (Å²) in [6.45, 7) is 4.35. The van der Waals surface area contributed by atoms with Crippen molar-refractivity contribution in [2.24, 2.45) is 0 Å². The van der Waals surface area contributed by atoms with E-state index in [2.05, 4.69) is 10.3 Å². The summed E-state index contributed by atoms with van der Waals surface area (Å²) in [6, 6.07) is 3.44. The average Bonchev–Trinajstić information content (AvgIpc) is 3.30. The number of carbonyl (C=O) groups excluding carboxylic acids is 1. The zero-order valence-corrected chi connectivity index (χ0v) is 14.2. The summed E-state index contributed by atoms with van der Waals surface area (Å²) in [5, 5.41) is 8.10. The Morgan fingerprint density at radius 2 is 2.24 bits per heavy atom. The Balaban J connectivity index is 1.61. The molecule has 0 aromatic carbocycles. The molecule has 3 aromatic heterocycles. The molecule has 0 aliphatic carbocycles. The molecule has 4 heterocycles. The van der Waals surface area contributed by atoms with Crippen LogP contribution in [-0.4, -0.2) is 36.7 Å². The highest BCUT2D eigenvalue weighted by molar-refractivity contribution is 5.77. The van der Waals surface area contributed by atoms with Crippen LogP contribution in [0.5, 0.6) is 0 Å². The van der Waals surface area contributed by atoms with Crippen molar-refractivity contribution in [3.8, 4) is 0 Å². The van der Waals surface area contributed by atoms with Gasteiger partial charge in [0, 0.05) is 18.3 Å². The first kappa shape index (κ1) is 15.6. The fourth-order valence-electron chi connectivity index (χ4n) is 3.64. The van der Waals surface area contributed by atoms with Gasteiger partial charge in [-0.05, 0) is 38.8 Å². The number of carbonyl (C=O) groups is 1. The predicted octanol–water partition coefficient (Wildman–Crippen LogP) is 1.46. The minimum absolute atomic E-state index is 0.0496. The van der Waals surface area contributed by atoms with Gasteiger partial charge in [-0.1, -0.05) is 5.16 Å². The third-order valence-electron chi connectivity index (χ3n) is 4.83. The summed E-state index contributed by atoms with van der Waals surface area (Å²) in [4.78, 5) is 27.1. The minimum Gasteiger partial charge on any atom is -0.361 e. The Kier molecular flexibility index (Phi) is 3.67. The molecule has 8 heteroatoms. The molecule has 0 N–H and O–H groups in total. The monoisotopic (exact) mass is 341 g/mol. The van der Waals surface area contributed by atoms with Crippen LogP contribution < -0.4 is 5.56 Å². The third kappa shape index (κ3) is 2.54. The molecule has 8 nitrogen and oxygen atoms in total. The second kappa shape index (κ2) is 5.87. The zero-order valence-electron chi connectivity index (χ0n) is 14.2. The van der Waals surface area contributed by atoms with Gasteiger partial charge < -0.3 is 13.8 Å². The van der Waals surface area contributed by atoms with Gasteiger partial charge in [-0.15, -0.1) is 0 Å². The number of likely N-dealkylation sites (tertiary alicyclic amines) is 1. The van der Waals surface area contributed by atoms with E-state index in [0.29, 0.717) is 12.1 Å². The first-order valence-electron chi connectivity index (χ1n) is 8.31. The minimum atomic E-state index is -0.270. The Bertz CT molecular complexity index is 980. The number of fused-ring (bicyclic) bond motifs is 1. The molecule has 0 spiro atoms. The topological polar surface area (TPSA) is 85.6 Å². The van der Waals surface area contributed by atoms with E-state index in [1.165, 1.54) is 4.68 Å². The molecule has 25 heavy (non-hydrogen) atoms. The second-order valence-electron chi connectivity index (χ2n) is 6.38. The molecular weight excluding hydrogens is 322 g/mol. The molecule has 130 valence electrons. The summed E-state index contributed by atoms with van der Waals surface area (Å²) in [6.07, 6.45) is 5.08. The summed E-state index contributed by atoms with van der Waals surface area (Å²) in [5.41, 5.74) is 2.03. The summed E-state index contributed by atoms with van der Waals surface area (Å²) < 4.78 is 8.12. The maximum Gasteiger partial charge on any atom is 0.291 e. The highest BCUT2D eigenvalue weighted by atomic mass is 16.5. The van der Waals surface area contributed by atoms with Crippen molar-refractivity contribution in [3.05, 3.63) is 52.0 Å². The van der Waals surface area contributed by atoms with Crippen LogP contribution in [-0.2, 0) is 11.3 Å². The molecule has 3 aromatic rings. The molecule has 1 amide bonds. The molecule has 0 radical (unpaired) electrons. The van der Waals surface area contributed by atoms with Crippen LogP contribution in [0.15, 0.2) is 34.0 Å². The van der Waals surface area contributed by atoms with Gasteiger partial charge in [-0.2, -0.15) is 5.10 Å². The van der Waals surface area contributed by atoms with Crippen molar-refractivity contribution < 1.29 is 9.32 Å². The fourth-order valence-corrected chi connectivity index (χ4v) is 3.64. The van der Waals surface area contributed by atoms with Crippen LogP contribution in [0.4, 0.5) is 0 Å². The highest BCUT2D eigenvalue weighted by Gasteiger charge is 2.34. The van der Waals surface area contributed by atoms with Gasteiger partial charge in [0.2, 0.25) is 5.91 Å². The van der Waals surface area contributed by atoms with E-state index < -0.39 is 0 Å². The SMILES string of the molecule is Cc1noc(C)c1[C@H]1CCCN1C(=O)Cn1ncn2cccc2c1=O. The van der Waals surface area contributed by atoms with E-state index in [9.17, 15) is 9.59 Å². The van der Waals surface area contributed by atoms with Crippen molar-refractivity contribution in [1.29, 1.82) is 0 Å². The lowest BCUT2D eigenvalue weighted by Crippen LogP contribution is -2.37. The first-order chi connectivity index (χ1) is 12.1. The number of nitrogens with zero attached hydrogens (tertiary/aromatic N) is 5. The molecule has 0 unspecified atom stereocenters. The fraction of sp³-hybridized carbons (Fsp3) is 0.412. The van der Waals surface area contributed by atoms with Crippen LogP contribution in [0, 0.1) is 13.8 Å². The molecule has 0 saturated carbocycles. The van der Waals surface area contributed by atoms with Crippen LogP contribution in [0.1, 0.15) is 35.9 Å². The van der Waals surface area contributed by atoms with Gasteiger partial charge in [0.05, 0.1) is 11.7 Å². The zero-order chi connectivity index (χ0) is 17.6. The van der Waals surface area contributed by atoms with Crippen LogP contribution in [0.3, 0.4) is 0 Å². The van der Waals surface area contributed by atoms with E-state index in [1.54, 1.807) is 29.1 Å². The molecule has 4 rings (SSSR count). The molecule has 0 bridgehead atoms. The van der Waals surface area contributed by atoms with Gasteiger partial charge in [0.25, 0.3) is 5.56 Å². The van der Waals surface area contributed by atoms with Gasteiger partial charge in [-0.3, -0.25) is 9.59 Å². The summed E-state index contributed by atoms with van der Waals surface area (Å²) >= 11 is 0. The normalized spacial score (nSPS) is 17.5. The number of rotatable bonds is 3. The molecular formula is C17H19N5O3. The Morgan fingerprint density at radius 3 is 3.00 bits per heavy atom. The van der Waals surface area contributed by atoms with E-state index in [4.69, 9.17) is 4.52 Å². The standard InChI is InChI=1S/C17H19N5O3/c1-11-16(12(2)25-19-11)13-5-4-8-21(13)15(23)9-22-17(24)14-6-3-7-20(14)10-18-22/h3,6-7,10,13H,4-5,8-9H2,1-2H3/t13-/m1/s1. The summed E-state index contributed by atoms with van der Waals surface area (Å²) in [7, 11) is 0. The number of hydrogen-bond donors (Lipinski definition) is 0. The summed E-state index contributed by atoms with van der Waals surface area (Å²) in [5.74, 6) is 0.625. The lowest BCUT2D eigenvalue weighted by Gasteiger charge is -2.24. The largest absolute Gasteiger partial charge is 0.361 e. The van der Waals surface area contributed by atoms with E-state index in [1.807, 2.05) is 18.7 Å². The number of amides is 1. The Labute approximate surface area is 143 Å². The number of aryl methyl sites for hydroxylation is 2. The van der Waals surface area contributed by atoms with Gasteiger partial charge in [0.15, 0.2) is 0 Å². The lowest BCUT2D eigenvalue weighted by atomic mass is 10.0. The highest BCUT2D eigenvalue weighted by Crippen LogP contribution is 2.35. The average molecular weight is 341 g/mol. The van der Waals surface area contributed by atoms with Crippen LogP contribution >= 0.6 is 0 Å². The number of aromatic nitrogens is 4. The van der Waals surface area contributed by atoms with E-state index >= 15 is 0 Å². The number of hydrogen-bond acceptors (Lipinski definition) is 5. The lowest BCUT2D eigenvalue weighted by molar-refractivity contribution is -0.133. The van der Waals surface area contributed by atoms with E-state index in [0.717, 1.165) is 29.9 Å². The Morgan fingerprint density at radius 1 is 1.40 bits per heavy atom. The van der Waals surface area contributed by atoms with Crippen molar-refractivity contribution in [2.75, 3.05) is 6.54 Å². The maximum absolute atomic E-state index is 12.8. The van der Waals surface area contributed by atoms with Crippen LogP contribution in [0.25, 0.3) is 5.52 Å². The molecule has 1 aliphatic rings. The van der Waals surface area contributed by atoms with Crippen molar-refractivity contribution >= 4 is 11.4 Å². The molecule has 1 aliphatic heterocycles. The molecule has 1 atom stereocenters. The van der Waals surface area contributed by atoms with Crippen LogP contribution in [0.2, 0.25) is 0 Å². The van der Waals surface area contributed by atoms with Gasteiger partial charge >= 0.3 is 0 Å². The van der Waals surface area contributed by atoms with Gasteiger partial charge in [0.1, 0.15) is 24.1 Å². The van der Waals surface area contributed by atoms with Crippen molar-refractivity contribution in [2.45, 2.75) is 39.3 Å². The van der Waals surface area contributed by atoms with Crippen molar-refractivity contribution in [1.82, 2.24) is 24.2 Å². The Hall–Kier alpha value is -2.90. The second-order valence-corrected chi connectivity index (χ2v) is 6.38. The molecule has 1 fully saturated rings. The first-order valence-corrected chi connectivity index (χ1v) is 8.31.